The smallest absolute Gasteiger partial charge is 0.145 e. The van der Waals surface area contributed by atoms with E-state index >= 15 is 0 Å². The molecule has 1 saturated heterocycles. The Morgan fingerprint density at radius 1 is 1.47 bits per heavy atom. The van der Waals surface area contributed by atoms with Crippen molar-refractivity contribution in [2.45, 2.75) is 30.8 Å². The van der Waals surface area contributed by atoms with Gasteiger partial charge in [-0.3, -0.25) is 0 Å². The van der Waals surface area contributed by atoms with Crippen molar-refractivity contribution in [3.05, 3.63) is 17.6 Å². The van der Waals surface area contributed by atoms with E-state index in [0.717, 1.165) is 53.5 Å². The Balaban J connectivity index is 2.23. The van der Waals surface area contributed by atoms with Gasteiger partial charge in [-0.25, -0.2) is 9.97 Å². The molecule has 3 rings (SSSR count). The predicted octanol–water partition coefficient (Wildman–Crippen LogP) is 2.38. The summed E-state index contributed by atoms with van der Waals surface area (Å²) in [6.07, 6.45) is 5.03. The van der Waals surface area contributed by atoms with Crippen LogP contribution in [0.2, 0.25) is 0 Å². The van der Waals surface area contributed by atoms with Gasteiger partial charge in [-0.15, -0.1) is 12.6 Å². The molecule has 3 heterocycles. The molecule has 0 atom stereocenters. The molecule has 2 aromatic heterocycles. The molecule has 1 aliphatic rings. The molecule has 0 bridgehead atoms. The molecule has 1 fully saturated rings. The highest BCUT2D eigenvalue weighted by Gasteiger charge is 2.23. The van der Waals surface area contributed by atoms with E-state index in [1.54, 1.807) is 6.20 Å². The van der Waals surface area contributed by atoms with Crippen LogP contribution >= 0.6 is 12.6 Å². The van der Waals surface area contributed by atoms with Crippen LogP contribution < -0.4 is 0 Å². The lowest BCUT2D eigenvalue weighted by Gasteiger charge is -2.25. The first-order chi connectivity index (χ1) is 9.22. The summed E-state index contributed by atoms with van der Waals surface area (Å²) >= 11 is 4.60. The van der Waals surface area contributed by atoms with Gasteiger partial charge in [0.05, 0.1) is 5.03 Å². The van der Waals surface area contributed by atoms with Crippen molar-refractivity contribution < 1.29 is 4.74 Å². The van der Waals surface area contributed by atoms with Gasteiger partial charge in [-0.05, 0) is 19.8 Å². The number of hydrogen-bond donors (Lipinski definition) is 2. The van der Waals surface area contributed by atoms with E-state index in [-0.39, 0.29) is 0 Å². The highest BCUT2D eigenvalue weighted by atomic mass is 32.1. The standard InChI is InChI=1S/C13H16N4OS/c1-8-15-7-11-10(6-14)13(19)17(12(11)16-8)9-2-4-18-5-3-9/h6-7,9,14,19H,2-5H2,1H3. The second kappa shape index (κ2) is 4.94. The number of rotatable bonds is 2. The quantitative estimate of drug-likeness (QED) is 0.654. The Hall–Kier alpha value is -1.40. The molecule has 19 heavy (non-hydrogen) atoms. The fourth-order valence-corrected chi connectivity index (χ4v) is 3.06. The summed E-state index contributed by atoms with van der Waals surface area (Å²) in [6.45, 7) is 3.41. The largest absolute Gasteiger partial charge is 0.381 e. The summed E-state index contributed by atoms with van der Waals surface area (Å²) in [7, 11) is 0. The molecule has 0 saturated carbocycles. The summed E-state index contributed by atoms with van der Waals surface area (Å²) in [5.74, 6) is 0.739. The molecule has 0 unspecified atom stereocenters. The van der Waals surface area contributed by atoms with Crippen molar-refractivity contribution in [2.24, 2.45) is 0 Å². The Bertz CT molecular complexity index is 631. The van der Waals surface area contributed by atoms with Crippen LogP contribution in [-0.2, 0) is 4.74 Å². The van der Waals surface area contributed by atoms with Crippen LogP contribution in [0.5, 0.6) is 0 Å². The predicted molar refractivity (Wildman–Crippen MR) is 76.5 cm³/mol. The zero-order valence-corrected chi connectivity index (χ0v) is 11.7. The maximum Gasteiger partial charge on any atom is 0.145 e. The minimum Gasteiger partial charge on any atom is -0.381 e. The summed E-state index contributed by atoms with van der Waals surface area (Å²) in [6, 6.07) is 0.340. The van der Waals surface area contributed by atoms with Gasteiger partial charge in [0.15, 0.2) is 0 Å². The van der Waals surface area contributed by atoms with Crippen LogP contribution in [0.1, 0.15) is 30.3 Å². The third-order valence-corrected chi connectivity index (χ3v) is 4.03. The van der Waals surface area contributed by atoms with Gasteiger partial charge in [0, 0.05) is 42.6 Å². The molecule has 0 spiro atoms. The first-order valence-corrected chi connectivity index (χ1v) is 6.82. The Morgan fingerprint density at radius 3 is 2.89 bits per heavy atom. The Labute approximate surface area is 116 Å². The van der Waals surface area contributed by atoms with Crippen LogP contribution in [0, 0.1) is 12.3 Å². The number of aromatic nitrogens is 3. The van der Waals surface area contributed by atoms with E-state index in [4.69, 9.17) is 10.1 Å². The molecule has 0 radical (unpaired) electrons. The van der Waals surface area contributed by atoms with Crippen molar-refractivity contribution >= 4 is 29.9 Å². The van der Waals surface area contributed by atoms with E-state index in [2.05, 4.69) is 27.2 Å². The summed E-state index contributed by atoms with van der Waals surface area (Å²) < 4.78 is 7.55. The van der Waals surface area contributed by atoms with E-state index in [9.17, 15) is 0 Å². The fourth-order valence-electron chi connectivity index (χ4n) is 2.61. The molecule has 6 heteroatoms. The van der Waals surface area contributed by atoms with Crippen molar-refractivity contribution in [3.63, 3.8) is 0 Å². The van der Waals surface area contributed by atoms with Crippen LogP contribution in [0.25, 0.3) is 11.0 Å². The number of aryl methyl sites for hydroxylation is 1. The minimum atomic E-state index is 0.340. The number of nitrogens with one attached hydrogen (secondary N) is 1. The number of thiol groups is 1. The first kappa shape index (κ1) is 12.6. The SMILES string of the molecule is Cc1ncc2c(C=N)c(S)n(C3CCOCC3)c2n1. The second-order valence-electron chi connectivity index (χ2n) is 4.75. The fraction of sp³-hybridized carbons (Fsp3) is 0.462. The summed E-state index contributed by atoms with van der Waals surface area (Å²) in [5, 5.41) is 9.28. The van der Waals surface area contributed by atoms with Crippen molar-refractivity contribution in [1.82, 2.24) is 14.5 Å². The topological polar surface area (TPSA) is 63.8 Å². The molecule has 100 valence electrons. The summed E-state index contributed by atoms with van der Waals surface area (Å²) in [5.41, 5.74) is 1.67. The second-order valence-corrected chi connectivity index (χ2v) is 5.17. The molecule has 2 aromatic rings. The van der Waals surface area contributed by atoms with Gasteiger partial charge < -0.3 is 14.7 Å². The molecule has 5 nitrogen and oxygen atoms in total. The number of nitrogens with zero attached hydrogens (tertiary/aromatic N) is 3. The monoisotopic (exact) mass is 276 g/mol. The average Bonchev–Trinajstić information content (AvgIpc) is 2.70. The highest BCUT2D eigenvalue weighted by Crippen LogP contribution is 2.33. The van der Waals surface area contributed by atoms with Gasteiger partial charge >= 0.3 is 0 Å². The Morgan fingerprint density at radius 2 is 2.21 bits per heavy atom. The van der Waals surface area contributed by atoms with E-state index in [1.165, 1.54) is 6.21 Å². The number of ether oxygens (including phenoxy) is 1. The summed E-state index contributed by atoms with van der Waals surface area (Å²) in [4.78, 5) is 8.77. The van der Waals surface area contributed by atoms with E-state index in [1.807, 2.05) is 6.92 Å². The maximum absolute atomic E-state index is 7.58. The van der Waals surface area contributed by atoms with Crippen LogP contribution in [0.3, 0.4) is 0 Å². The third-order valence-electron chi connectivity index (χ3n) is 3.58. The van der Waals surface area contributed by atoms with Gasteiger partial charge in [-0.2, -0.15) is 0 Å². The van der Waals surface area contributed by atoms with Gasteiger partial charge in [-0.1, -0.05) is 0 Å². The van der Waals surface area contributed by atoms with Crippen molar-refractivity contribution in [2.75, 3.05) is 13.2 Å². The number of hydrogen-bond acceptors (Lipinski definition) is 5. The normalized spacial score (nSPS) is 16.9. The first-order valence-electron chi connectivity index (χ1n) is 6.37. The Kier molecular flexibility index (Phi) is 3.28. The maximum atomic E-state index is 7.58. The molecule has 0 amide bonds. The highest BCUT2D eigenvalue weighted by molar-refractivity contribution is 7.80. The van der Waals surface area contributed by atoms with Gasteiger partial charge in [0.25, 0.3) is 0 Å². The molecule has 1 aliphatic heterocycles. The van der Waals surface area contributed by atoms with Crippen LogP contribution in [-0.4, -0.2) is 34.0 Å². The van der Waals surface area contributed by atoms with Gasteiger partial charge in [0.2, 0.25) is 0 Å². The molecule has 0 aromatic carbocycles. The number of fused-ring (bicyclic) bond motifs is 1. The van der Waals surface area contributed by atoms with Crippen LogP contribution in [0.4, 0.5) is 0 Å². The molecular formula is C13H16N4OS. The molecule has 0 aliphatic carbocycles. The average molecular weight is 276 g/mol. The van der Waals surface area contributed by atoms with E-state index in [0.29, 0.717) is 6.04 Å². The zero-order valence-electron chi connectivity index (χ0n) is 10.8. The van der Waals surface area contributed by atoms with Crippen LogP contribution in [0.15, 0.2) is 11.2 Å². The lowest BCUT2D eigenvalue weighted by molar-refractivity contribution is 0.0687. The van der Waals surface area contributed by atoms with Crippen molar-refractivity contribution in [3.8, 4) is 0 Å². The zero-order chi connectivity index (χ0) is 13.4. The third kappa shape index (κ3) is 2.04. The molecular weight excluding hydrogens is 260 g/mol. The van der Waals surface area contributed by atoms with E-state index < -0.39 is 0 Å². The van der Waals surface area contributed by atoms with Crippen molar-refractivity contribution in [1.29, 1.82) is 5.41 Å². The molecule has 1 N–H and O–H groups in total. The lowest BCUT2D eigenvalue weighted by atomic mass is 10.1. The lowest BCUT2D eigenvalue weighted by Crippen LogP contribution is -2.20. The minimum absolute atomic E-state index is 0.340. The van der Waals surface area contributed by atoms with Gasteiger partial charge in [0.1, 0.15) is 11.5 Å².